The van der Waals surface area contributed by atoms with E-state index >= 15 is 0 Å². The van der Waals surface area contributed by atoms with E-state index in [2.05, 4.69) is 4.72 Å². The number of nitrogens with one attached hydrogen (secondary N) is 1. The minimum Gasteiger partial charge on any atom is -0.497 e. The van der Waals surface area contributed by atoms with E-state index in [1.165, 1.54) is 12.1 Å². The van der Waals surface area contributed by atoms with Crippen molar-refractivity contribution in [2.24, 2.45) is 0 Å². The predicted octanol–water partition coefficient (Wildman–Crippen LogP) is 2.38. The van der Waals surface area contributed by atoms with Gasteiger partial charge in [-0.3, -0.25) is 0 Å². The first-order valence-electron chi connectivity index (χ1n) is 8.06. The normalized spacial score (nSPS) is 16.6. The summed E-state index contributed by atoms with van der Waals surface area (Å²) in [4.78, 5) is 0.201. The molecule has 1 aliphatic heterocycles. The molecule has 0 aliphatic carbocycles. The number of ether oxygens (including phenoxy) is 3. The Labute approximate surface area is 147 Å². The molecule has 0 amide bonds. The topological polar surface area (TPSA) is 73.9 Å². The van der Waals surface area contributed by atoms with Gasteiger partial charge in [-0.1, -0.05) is 0 Å². The molecule has 1 N–H and O–H groups in total. The summed E-state index contributed by atoms with van der Waals surface area (Å²) in [6.45, 7) is 2.70. The van der Waals surface area contributed by atoms with Crippen LogP contribution in [-0.2, 0) is 16.4 Å². The highest BCUT2D eigenvalue weighted by molar-refractivity contribution is 7.89. The van der Waals surface area contributed by atoms with Gasteiger partial charge in [0.2, 0.25) is 10.0 Å². The first-order valence-corrected chi connectivity index (χ1v) is 9.55. The van der Waals surface area contributed by atoms with Crippen LogP contribution >= 0.6 is 0 Å². The van der Waals surface area contributed by atoms with Crippen molar-refractivity contribution in [1.29, 1.82) is 0 Å². The Morgan fingerprint density at radius 1 is 1.16 bits per heavy atom. The lowest BCUT2D eigenvalue weighted by Crippen LogP contribution is -2.42. The van der Waals surface area contributed by atoms with Crippen molar-refractivity contribution in [3.05, 3.63) is 48.0 Å². The third-order valence-electron chi connectivity index (χ3n) is 3.94. The summed E-state index contributed by atoms with van der Waals surface area (Å²) in [6.07, 6.45) is 0.544. The summed E-state index contributed by atoms with van der Waals surface area (Å²) in [5, 5.41) is 0. The maximum atomic E-state index is 12.6. The van der Waals surface area contributed by atoms with E-state index in [-0.39, 0.29) is 17.5 Å². The van der Waals surface area contributed by atoms with Crippen LogP contribution in [-0.4, -0.2) is 34.8 Å². The molecular weight excluding hydrogens is 342 g/mol. The standard InChI is InChI=1S/C18H21NO5S/c1-3-23-15-4-7-17(8-5-15)25(20,21)19-14-10-13-11-16(22-2)6-9-18(13)24-12-14/h4-9,11,14,19H,3,10,12H2,1-2H3. The SMILES string of the molecule is CCOc1ccc(S(=O)(=O)NC2COc3ccc(OC)cc3C2)cc1. The smallest absolute Gasteiger partial charge is 0.240 e. The summed E-state index contributed by atoms with van der Waals surface area (Å²) in [5.74, 6) is 2.12. The average Bonchev–Trinajstić information content (AvgIpc) is 2.61. The molecule has 3 rings (SSSR count). The largest absolute Gasteiger partial charge is 0.497 e. The molecule has 1 unspecified atom stereocenters. The van der Waals surface area contributed by atoms with Gasteiger partial charge in [0.1, 0.15) is 23.9 Å². The van der Waals surface area contributed by atoms with Crippen LogP contribution in [0.5, 0.6) is 17.2 Å². The van der Waals surface area contributed by atoms with Gasteiger partial charge in [-0.15, -0.1) is 0 Å². The maximum Gasteiger partial charge on any atom is 0.240 e. The highest BCUT2D eigenvalue weighted by atomic mass is 32.2. The highest BCUT2D eigenvalue weighted by Crippen LogP contribution is 2.29. The van der Waals surface area contributed by atoms with Crippen LogP contribution in [0.1, 0.15) is 12.5 Å². The number of fused-ring (bicyclic) bond motifs is 1. The zero-order valence-electron chi connectivity index (χ0n) is 14.2. The minimum atomic E-state index is -3.63. The van der Waals surface area contributed by atoms with Crippen LogP contribution in [0.4, 0.5) is 0 Å². The molecule has 134 valence electrons. The number of hydrogen-bond acceptors (Lipinski definition) is 5. The Bertz CT molecular complexity index is 833. The van der Waals surface area contributed by atoms with Crippen molar-refractivity contribution in [2.45, 2.75) is 24.3 Å². The molecule has 0 aromatic heterocycles. The first-order chi connectivity index (χ1) is 12.0. The zero-order chi connectivity index (χ0) is 17.9. The van der Waals surface area contributed by atoms with Crippen LogP contribution in [0.25, 0.3) is 0 Å². The van der Waals surface area contributed by atoms with Crippen LogP contribution in [0.3, 0.4) is 0 Å². The third-order valence-corrected chi connectivity index (χ3v) is 5.48. The van der Waals surface area contributed by atoms with Gasteiger partial charge >= 0.3 is 0 Å². The molecule has 0 bridgehead atoms. The van der Waals surface area contributed by atoms with Gasteiger partial charge in [-0.05, 0) is 61.4 Å². The van der Waals surface area contributed by atoms with E-state index < -0.39 is 10.0 Å². The Morgan fingerprint density at radius 2 is 1.88 bits per heavy atom. The summed E-state index contributed by atoms with van der Waals surface area (Å²) >= 11 is 0. The molecule has 0 saturated heterocycles. The van der Waals surface area contributed by atoms with E-state index in [0.717, 1.165) is 17.1 Å². The summed E-state index contributed by atoms with van der Waals surface area (Å²) in [5.41, 5.74) is 0.921. The lowest BCUT2D eigenvalue weighted by molar-refractivity contribution is 0.253. The second-order valence-corrected chi connectivity index (χ2v) is 7.43. The fourth-order valence-corrected chi connectivity index (χ4v) is 3.96. The number of sulfonamides is 1. The average molecular weight is 363 g/mol. The summed E-state index contributed by atoms with van der Waals surface area (Å²) in [6, 6.07) is 11.6. The van der Waals surface area contributed by atoms with Crippen molar-refractivity contribution in [1.82, 2.24) is 4.72 Å². The molecule has 6 nitrogen and oxygen atoms in total. The van der Waals surface area contributed by atoms with E-state index in [1.807, 2.05) is 25.1 Å². The molecule has 1 heterocycles. The fourth-order valence-electron chi connectivity index (χ4n) is 2.74. The third kappa shape index (κ3) is 4.05. The van der Waals surface area contributed by atoms with Crippen LogP contribution < -0.4 is 18.9 Å². The molecule has 0 spiro atoms. The lowest BCUT2D eigenvalue weighted by atomic mass is 10.0. The monoisotopic (exact) mass is 363 g/mol. The molecule has 2 aromatic rings. The Kier molecular flexibility index (Phi) is 5.15. The fraction of sp³-hybridized carbons (Fsp3) is 0.333. The number of methoxy groups -OCH3 is 1. The number of hydrogen-bond donors (Lipinski definition) is 1. The molecule has 25 heavy (non-hydrogen) atoms. The second kappa shape index (κ2) is 7.33. The van der Waals surface area contributed by atoms with E-state index in [1.54, 1.807) is 19.2 Å². The van der Waals surface area contributed by atoms with Crippen molar-refractivity contribution in [3.63, 3.8) is 0 Å². The van der Waals surface area contributed by atoms with Crippen LogP contribution in [0.15, 0.2) is 47.4 Å². The van der Waals surface area contributed by atoms with E-state index in [4.69, 9.17) is 14.2 Å². The Hall–Kier alpha value is -2.25. The van der Waals surface area contributed by atoms with Crippen molar-refractivity contribution in [3.8, 4) is 17.2 Å². The molecule has 2 aromatic carbocycles. The van der Waals surface area contributed by atoms with E-state index in [9.17, 15) is 8.42 Å². The maximum absolute atomic E-state index is 12.6. The van der Waals surface area contributed by atoms with Gasteiger partial charge in [-0.25, -0.2) is 13.1 Å². The molecular formula is C18H21NO5S. The molecule has 1 atom stereocenters. The van der Waals surface area contributed by atoms with Crippen molar-refractivity contribution >= 4 is 10.0 Å². The molecule has 0 radical (unpaired) electrons. The quantitative estimate of drug-likeness (QED) is 0.853. The number of benzene rings is 2. The first kappa shape index (κ1) is 17.6. The molecule has 0 fully saturated rings. The minimum absolute atomic E-state index is 0.201. The van der Waals surface area contributed by atoms with E-state index in [0.29, 0.717) is 18.8 Å². The van der Waals surface area contributed by atoms with Crippen molar-refractivity contribution in [2.75, 3.05) is 20.3 Å². The Balaban J connectivity index is 1.72. The van der Waals surface area contributed by atoms with Gasteiger partial charge in [0.25, 0.3) is 0 Å². The molecule has 7 heteroatoms. The summed E-state index contributed by atoms with van der Waals surface area (Å²) < 4.78 is 44.1. The van der Waals surface area contributed by atoms with Gasteiger partial charge in [0, 0.05) is 0 Å². The zero-order valence-corrected chi connectivity index (χ0v) is 15.0. The Morgan fingerprint density at radius 3 is 2.56 bits per heavy atom. The summed E-state index contributed by atoms with van der Waals surface area (Å²) in [7, 11) is -2.03. The number of rotatable bonds is 6. The second-order valence-electron chi connectivity index (χ2n) is 5.71. The van der Waals surface area contributed by atoms with Gasteiger partial charge in [0.05, 0.1) is 24.7 Å². The predicted molar refractivity (Wildman–Crippen MR) is 93.9 cm³/mol. The van der Waals surface area contributed by atoms with Gasteiger partial charge in [0.15, 0.2) is 0 Å². The molecule has 0 saturated carbocycles. The van der Waals surface area contributed by atoms with Gasteiger partial charge < -0.3 is 14.2 Å². The van der Waals surface area contributed by atoms with Gasteiger partial charge in [-0.2, -0.15) is 0 Å². The van der Waals surface area contributed by atoms with Crippen LogP contribution in [0.2, 0.25) is 0 Å². The van der Waals surface area contributed by atoms with Crippen molar-refractivity contribution < 1.29 is 22.6 Å². The lowest BCUT2D eigenvalue weighted by Gasteiger charge is -2.26. The van der Waals surface area contributed by atoms with Crippen LogP contribution in [0, 0.1) is 0 Å². The molecule has 1 aliphatic rings. The highest BCUT2D eigenvalue weighted by Gasteiger charge is 2.25.